The average Bonchev–Trinajstić information content (AvgIpc) is 2.87. The highest BCUT2D eigenvalue weighted by atomic mass is 16.6. The number of hydrogen-bond acceptors (Lipinski definition) is 2. The predicted octanol–water partition coefficient (Wildman–Crippen LogP) is 2.19. The summed E-state index contributed by atoms with van der Waals surface area (Å²) in [7, 11) is 0. The Morgan fingerprint density at radius 2 is 2.46 bits per heavy atom. The summed E-state index contributed by atoms with van der Waals surface area (Å²) in [6.07, 6.45) is 13.2. The number of epoxide rings is 1. The van der Waals surface area contributed by atoms with Gasteiger partial charge < -0.3 is 9.47 Å². The minimum Gasteiger partial charge on any atom is -0.502 e. The first kappa shape index (κ1) is 8.57. The van der Waals surface area contributed by atoms with Crippen molar-refractivity contribution >= 4 is 0 Å². The van der Waals surface area contributed by atoms with E-state index in [1.54, 1.807) is 6.26 Å². The number of ether oxygens (including phenoxy) is 2. The van der Waals surface area contributed by atoms with Crippen LogP contribution in [-0.2, 0) is 9.47 Å². The van der Waals surface area contributed by atoms with Crippen molar-refractivity contribution < 1.29 is 9.47 Å². The summed E-state index contributed by atoms with van der Waals surface area (Å²) in [5.41, 5.74) is -0.0393. The average molecular weight is 178 g/mol. The zero-order valence-electron chi connectivity index (χ0n) is 7.77. The molecular weight excluding hydrogens is 164 g/mol. The van der Waals surface area contributed by atoms with Gasteiger partial charge in [0.2, 0.25) is 0 Å². The molecule has 70 valence electrons. The lowest BCUT2D eigenvalue weighted by molar-refractivity contribution is 0.266. The van der Waals surface area contributed by atoms with Gasteiger partial charge in [0.1, 0.15) is 11.7 Å². The summed E-state index contributed by atoms with van der Waals surface area (Å²) in [6, 6.07) is 0. The predicted molar refractivity (Wildman–Crippen MR) is 51.3 cm³/mol. The Morgan fingerprint density at radius 3 is 3.23 bits per heavy atom. The SMILES string of the molecule is CCOC=CCC12C=CC=CC1O2. The van der Waals surface area contributed by atoms with Gasteiger partial charge >= 0.3 is 0 Å². The van der Waals surface area contributed by atoms with Crippen molar-refractivity contribution in [3.8, 4) is 0 Å². The van der Waals surface area contributed by atoms with E-state index >= 15 is 0 Å². The molecule has 2 rings (SSSR count). The summed E-state index contributed by atoms with van der Waals surface area (Å²) in [5.74, 6) is 0. The molecule has 1 aliphatic heterocycles. The summed E-state index contributed by atoms with van der Waals surface area (Å²) < 4.78 is 10.7. The van der Waals surface area contributed by atoms with Crippen LogP contribution in [0.1, 0.15) is 13.3 Å². The molecule has 0 radical (unpaired) electrons. The fourth-order valence-electron chi connectivity index (χ4n) is 1.55. The molecule has 2 unspecified atom stereocenters. The monoisotopic (exact) mass is 178 g/mol. The fraction of sp³-hybridized carbons (Fsp3) is 0.455. The zero-order valence-corrected chi connectivity index (χ0v) is 7.77. The minimum atomic E-state index is -0.0393. The van der Waals surface area contributed by atoms with E-state index in [1.807, 2.05) is 25.2 Å². The van der Waals surface area contributed by atoms with E-state index < -0.39 is 0 Å². The number of allylic oxidation sites excluding steroid dienone is 2. The lowest BCUT2D eigenvalue weighted by Crippen LogP contribution is -2.10. The largest absolute Gasteiger partial charge is 0.502 e. The summed E-state index contributed by atoms with van der Waals surface area (Å²) in [4.78, 5) is 0. The van der Waals surface area contributed by atoms with Crippen molar-refractivity contribution in [1.29, 1.82) is 0 Å². The van der Waals surface area contributed by atoms with E-state index in [9.17, 15) is 0 Å². The molecule has 13 heavy (non-hydrogen) atoms. The van der Waals surface area contributed by atoms with Crippen molar-refractivity contribution in [2.45, 2.75) is 25.0 Å². The van der Waals surface area contributed by atoms with Gasteiger partial charge in [-0.15, -0.1) is 0 Å². The number of fused-ring (bicyclic) bond motifs is 1. The van der Waals surface area contributed by atoms with Crippen LogP contribution in [0.25, 0.3) is 0 Å². The summed E-state index contributed by atoms with van der Waals surface area (Å²) in [6.45, 7) is 2.70. The Labute approximate surface area is 78.5 Å². The molecule has 0 saturated carbocycles. The summed E-state index contributed by atoms with van der Waals surface area (Å²) in [5, 5.41) is 0. The van der Waals surface area contributed by atoms with Gasteiger partial charge in [-0.1, -0.05) is 18.2 Å². The van der Waals surface area contributed by atoms with Crippen molar-refractivity contribution in [1.82, 2.24) is 0 Å². The van der Waals surface area contributed by atoms with Gasteiger partial charge in [0, 0.05) is 6.42 Å². The molecule has 1 heterocycles. The van der Waals surface area contributed by atoms with Crippen LogP contribution in [0.3, 0.4) is 0 Å². The van der Waals surface area contributed by atoms with Crippen LogP contribution in [0.15, 0.2) is 36.6 Å². The maximum atomic E-state index is 5.57. The van der Waals surface area contributed by atoms with E-state index in [2.05, 4.69) is 12.2 Å². The molecule has 0 bridgehead atoms. The van der Waals surface area contributed by atoms with Crippen LogP contribution in [-0.4, -0.2) is 18.3 Å². The highest BCUT2D eigenvalue weighted by molar-refractivity contribution is 5.32. The van der Waals surface area contributed by atoms with E-state index in [0.717, 1.165) is 13.0 Å². The molecule has 2 nitrogen and oxygen atoms in total. The lowest BCUT2D eigenvalue weighted by Gasteiger charge is -2.04. The molecule has 1 fully saturated rings. The first-order valence-corrected chi connectivity index (χ1v) is 4.68. The van der Waals surface area contributed by atoms with Crippen molar-refractivity contribution in [2.75, 3.05) is 6.61 Å². The second-order valence-electron chi connectivity index (χ2n) is 3.27. The Kier molecular flexibility index (Phi) is 2.23. The molecule has 2 heteroatoms. The fourth-order valence-corrected chi connectivity index (χ4v) is 1.55. The number of hydrogen-bond donors (Lipinski definition) is 0. The van der Waals surface area contributed by atoms with Crippen molar-refractivity contribution in [3.63, 3.8) is 0 Å². The Hall–Kier alpha value is -1.02. The van der Waals surface area contributed by atoms with Gasteiger partial charge in [0.15, 0.2) is 0 Å². The number of rotatable bonds is 4. The van der Waals surface area contributed by atoms with Crippen LogP contribution >= 0.6 is 0 Å². The van der Waals surface area contributed by atoms with Crippen molar-refractivity contribution in [3.05, 3.63) is 36.6 Å². The normalized spacial score (nSPS) is 35.0. The molecule has 2 aliphatic rings. The third-order valence-corrected chi connectivity index (χ3v) is 2.34. The standard InChI is InChI=1S/C11H14O2/c1-2-12-9-5-8-11-7-4-3-6-10(11)13-11/h3-7,9-10H,2,8H2,1H3. The second kappa shape index (κ2) is 3.38. The van der Waals surface area contributed by atoms with Crippen LogP contribution in [0.2, 0.25) is 0 Å². The van der Waals surface area contributed by atoms with E-state index in [-0.39, 0.29) is 5.60 Å². The molecule has 0 aromatic rings. The first-order chi connectivity index (χ1) is 6.37. The van der Waals surface area contributed by atoms with Crippen LogP contribution in [0, 0.1) is 0 Å². The smallest absolute Gasteiger partial charge is 0.121 e. The lowest BCUT2D eigenvalue weighted by atomic mass is 9.97. The molecule has 0 spiro atoms. The third-order valence-electron chi connectivity index (χ3n) is 2.34. The quantitative estimate of drug-likeness (QED) is 0.486. The van der Waals surface area contributed by atoms with Gasteiger partial charge in [-0.2, -0.15) is 0 Å². The molecule has 0 aromatic carbocycles. The van der Waals surface area contributed by atoms with Crippen LogP contribution < -0.4 is 0 Å². The van der Waals surface area contributed by atoms with E-state index in [0.29, 0.717) is 6.10 Å². The maximum Gasteiger partial charge on any atom is 0.121 e. The van der Waals surface area contributed by atoms with Gasteiger partial charge in [-0.25, -0.2) is 0 Å². The van der Waals surface area contributed by atoms with Gasteiger partial charge in [-0.05, 0) is 19.1 Å². The first-order valence-electron chi connectivity index (χ1n) is 4.68. The Balaban J connectivity index is 1.83. The van der Waals surface area contributed by atoms with E-state index in [1.165, 1.54) is 0 Å². The zero-order chi connectivity index (χ0) is 9.15. The summed E-state index contributed by atoms with van der Waals surface area (Å²) >= 11 is 0. The highest BCUT2D eigenvalue weighted by Crippen LogP contribution is 2.44. The molecule has 2 atom stereocenters. The molecule has 0 N–H and O–H groups in total. The Bertz CT molecular complexity index is 265. The molecule has 0 aromatic heterocycles. The Morgan fingerprint density at radius 1 is 1.54 bits per heavy atom. The molecule has 1 saturated heterocycles. The van der Waals surface area contributed by atoms with Gasteiger partial charge in [0.25, 0.3) is 0 Å². The van der Waals surface area contributed by atoms with Crippen LogP contribution in [0.5, 0.6) is 0 Å². The van der Waals surface area contributed by atoms with Gasteiger partial charge in [0.05, 0.1) is 12.9 Å². The maximum absolute atomic E-state index is 5.57. The highest BCUT2D eigenvalue weighted by Gasteiger charge is 2.52. The second-order valence-corrected chi connectivity index (χ2v) is 3.27. The minimum absolute atomic E-state index is 0.0393. The van der Waals surface area contributed by atoms with E-state index in [4.69, 9.17) is 9.47 Å². The third kappa shape index (κ3) is 1.68. The topological polar surface area (TPSA) is 21.8 Å². The molecule has 1 aliphatic carbocycles. The van der Waals surface area contributed by atoms with Crippen molar-refractivity contribution in [2.24, 2.45) is 0 Å². The molecular formula is C11H14O2. The van der Waals surface area contributed by atoms with Gasteiger partial charge in [-0.3, -0.25) is 0 Å². The molecule has 0 amide bonds. The van der Waals surface area contributed by atoms with Crippen LogP contribution in [0.4, 0.5) is 0 Å².